The average molecular weight is 371 g/mol. The van der Waals surface area contributed by atoms with Gasteiger partial charge in [-0.25, -0.2) is 4.98 Å². The van der Waals surface area contributed by atoms with Crippen molar-refractivity contribution in [3.8, 4) is 11.6 Å². The van der Waals surface area contributed by atoms with Gasteiger partial charge in [-0.2, -0.15) is 5.10 Å². The molecule has 2 aromatic heterocycles. The molecule has 2 aromatic rings. The number of hydrogen-bond acceptors (Lipinski definition) is 6. The van der Waals surface area contributed by atoms with Gasteiger partial charge in [0.1, 0.15) is 5.75 Å². The van der Waals surface area contributed by atoms with E-state index in [1.165, 1.54) is 25.6 Å². The second-order valence-corrected chi connectivity index (χ2v) is 7.24. The van der Waals surface area contributed by atoms with Crippen molar-refractivity contribution < 1.29 is 19.0 Å². The summed E-state index contributed by atoms with van der Waals surface area (Å²) >= 11 is 0. The Bertz CT molecular complexity index is 787. The molecule has 0 spiro atoms. The molecule has 3 heterocycles. The van der Waals surface area contributed by atoms with Gasteiger partial charge in [0, 0.05) is 29.8 Å². The van der Waals surface area contributed by atoms with E-state index in [-0.39, 0.29) is 0 Å². The Hall–Kier alpha value is -2.41. The van der Waals surface area contributed by atoms with Gasteiger partial charge in [-0.1, -0.05) is 12.8 Å². The minimum absolute atomic E-state index is 0.353. The first-order valence-electron chi connectivity index (χ1n) is 9.53. The fourth-order valence-electron chi connectivity index (χ4n) is 4.04. The number of aromatic nitrogens is 3. The molecule has 0 radical (unpaired) electrons. The van der Waals surface area contributed by atoms with Crippen LogP contribution in [0, 0.1) is 5.92 Å². The van der Waals surface area contributed by atoms with Crippen molar-refractivity contribution in [2.45, 2.75) is 37.6 Å². The molecule has 1 aliphatic carbocycles. The average Bonchev–Trinajstić information content (AvgIpc) is 3.14. The van der Waals surface area contributed by atoms with E-state index in [0.29, 0.717) is 41.7 Å². The number of carbonyl (C=O) groups is 1. The smallest absolute Gasteiger partial charge is 0.213 e. The van der Waals surface area contributed by atoms with Crippen molar-refractivity contribution in [3.05, 3.63) is 35.8 Å². The molecule has 27 heavy (non-hydrogen) atoms. The van der Waals surface area contributed by atoms with E-state index in [1.54, 1.807) is 12.3 Å². The highest BCUT2D eigenvalue weighted by Crippen LogP contribution is 2.39. The van der Waals surface area contributed by atoms with Crippen LogP contribution in [0.2, 0.25) is 0 Å². The van der Waals surface area contributed by atoms with E-state index in [9.17, 15) is 4.79 Å². The van der Waals surface area contributed by atoms with Crippen LogP contribution in [0.4, 0.5) is 0 Å². The third-order valence-electron chi connectivity index (χ3n) is 5.62. The molecular formula is C20H25N3O4. The first kappa shape index (κ1) is 18.0. The molecule has 2 aliphatic rings. The lowest BCUT2D eigenvalue weighted by molar-refractivity contribution is -0.0310. The van der Waals surface area contributed by atoms with Crippen molar-refractivity contribution >= 4 is 6.29 Å². The number of rotatable bonds is 7. The molecule has 7 heteroatoms. The molecule has 0 N–H and O–H groups in total. The van der Waals surface area contributed by atoms with Crippen LogP contribution in [0.3, 0.4) is 0 Å². The predicted octanol–water partition coefficient (Wildman–Crippen LogP) is 3.02. The largest absolute Gasteiger partial charge is 0.491 e. The first-order chi connectivity index (χ1) is 13.3. The molecular weight excluding hydrogens is 346 g/mol. The van der Waals surface area contributed by atoms with Gasteiger partial charge in [0.25, 0.3) is 0 Å². The number of hydrogen-bond donors (Lipinski definition) is 0. The van der Waals surface area contributed by atoms with E-state index in [0.717, 1.165) is 32.3 Å². The van der Waals surface area contributed by atoms with Crippen molar-refractivity contribution in [1.29, 1.82) is 0 Å². The lowest BCUT2D eigenvalue weighted by Gasteiger charge is -2.35. The van der Waals surface area contributed by atoms with E-state index in [4.69, 9.17) is 14.2 Å². The Balaban J connectivity index is 1.49. The van der Waals surface area contributed by atoms with Gasteiger partial charge in [-0.15, -0.1) is 0 Å². The number of methoxy groups -OCH3 is 1. The topological polar surface area (TPSA) is 75.5 Å². The standard InChI is InChI=1S/C20H25N3O4/c1-25-20-8-15(10-24)19(9-21-20)27-11-14-4-2-3-5-17(14)18-6-7-22-23(18)16-12-26-13-16/h6-10,14,16-17H,2-5,11-13H2,1H3. The number of pyridine rings is 1. The Labute approximate surface area is 158 Å². The minimum atomic E-state index is 0.353. The van der Waals surface area contributed by atoms with Crippen LogP contribution in [-0.4, -0.2) is 48.0 Å². The molecule has 1 saturated carbocycles. The number of ether oxygens (including phenoxy) is 3. The monoisotopic (exact) mass is 371 g/mol. The summed E-state index contributed by atoms with van der Waals surface area (Å²) in [5.41, 5.74) is 1.74. The third-order valence-corrected chi connectivity index (χ3v) is 5.62. The molecule has 2 atom stereocenters. The number of aldehydes is 1. The van der Waals surface area contributed by atoms with E-state index in [1.807, 2.05) is 6.20 Å². The highest BCUT2D eigenvalue weighted by atomic mass is 16.5. The normalized spacial score (nSPS) is 22.9. The Morgan fingerprint density at radius 2 is 2.19 bits per heavy atom. The SMILES string of the molecule is COc1cc(C=O)c(OCC2CCCCC2c2ccnn2C2COC2)cn1. The fraction of sp³-hybridized carbons (Fsp3) is 0.550. The second kappa shape index (κ2) is 8.08. The third kappa shape index (κ3) is 3.69. The van der Waals surface area contributed by atoms with Gasteiger partial charge < -0.3 is 14.2 Å². The van der Waals surface area contributed by atoms with E-state index < -0.39 is 0 Å². The van der Waals surface area contributed by atoms with Crippen LogP contribution in [-0.2, 0) is 4.74 Å². The van der Waals surface area contributed by atoms with E-state index >= 15 is 0 Å². The Kier molecular flexibility index (Phi) is 5.38. The van der Waals surface area contributed by atoms with Gasteiger partial charge in [0.15, 0.2) is 6.29 Å². The van der Waals surface area contributed by atoms with Crippen LogP contribution >= 0.6 is 0 Å². The Morgan fingerprint density at radius 1 is 1.33 bits per heavy atom. The van der Waals surface area contributed by atoms with Crippen LogP contribution in [0.25, 0.3) is 0 Å². The highest BCUT2D eigenvalue weighted by molar-refractivity contribution is 5.79. The molecule has 7 nitrogen and oxygen atoms in total. The highest BCUT2D eigenvalue weighted by Gasteiger charge is 2.32. The first-order valence-corrected chi connectivity index (χ1v) is 9.53. The van der Waals surface area contributed by atoms with E-state index in [2.05, 4.69) is 20.8 Å². The summed E-state index contributed by atoms with van der Waals surface area (Å²) in [4.78, 5) is 15.5. The summed E-state index contributed by atoms with van der Waals surface area (Å²) in [5.74, 6) is 1.71. The molecule has 1 aliphatic heterocycles. The quantitative estimate of drug-likeness (QED) is 0.697. The molecule has 0 bridgehead atoms. The maximum atomic E-state index is 11.4. The zero-order valence-electron chi connectivity index (χ0n) is 15.5. The van der Waals surface area contributed by atoms with Gasteiger partial charge in [-0.3, -0.25) is 9.48 Å². The van der Waals surface area contributed by atoms with Crippen LogP contribution in [0.5, 0.6) is 11.6 Å². The zero-order valence-corrected chi connectivity index (χ0v) is 15.5. The Morgan fingerprint density at radius 3 is 2.93 bits per heavy atom. The number of carbonyl (C=O) groups excluding carboxylic acids is 1. The van der Waals surface area contributed by atoms with Crippen LogP contribution in [0.1, 0.15) is 53.7 Å². The molecule has 2 unspecified atom stereocenters. The predicted molar refractivity (Wildman–Crippen MR) is 98.5 cm³/mol. The number of nitrogens with zero attached hydrogens (tertiary/aromatic N) is 3. The molecule has 1 saturated heterocycles. The van der Waals surface area contributed by atoms with Crippen LogP contribution in [0.15, 0.2) is 24.5 Å². The lowest BCUT2D eigenvalue weighted by Crippen LogP contribution is -2.34. The summed E-state index contributed by atoms with van der Waals surface area (Å²) in [6.45, 7) is 2.04. The van der Waals surface area contributed by atoms with Crippen molar-refractivity contribution in [2.75, 3.05) is 26.9 Å². The van der Waals surface area contributed by atoms with Crippen molar-refractivity contribution in [2.24, 2.45) is 5.92 Å². The maximum Gasteiger partial charge on any atom is 0.213 e. The van der Waals surface area contributed by atoms with Crippen LogP contribution < -0.4 is 9.47 Å². The van der Waals surface area contributed by atoms with Crippen molar-refractivity contribution in [3.63, 3.8) is 0 Å². The van der Waals surface area contributed by atoms with Gasteiger partial charge in [0.05, 0.1) is 44.7 Å². The fourth-order valence-corrected chi connectivity index (χ4v) is 4.04. The summed E-state index contributed by atoms with van der Waals surface area (Å²) in [6.07, 6.45) is 8.90. The van der Waals surface area contributed by atoms with Gasteiger partial charge in [0.2, 0.25) is 5.88 Å². The summed E-state index contributed by atoms with van der Waals surface area (Å²) < 4.78 is 18.6. The maximum absolute atomic E-state index is 11.4. The minimum Gasteiger partial charge on any atom is -0.491 e. The second-order valence-electron chi connectivity index (χ2n) is 7.24. The van der Waals surface area contributed by atoms with Crippen molar-refractivity contribution in [1.82, 2.24) is 14.8 Å². The molecule has 2 fully saturated rings. The van der Waals surface area contributed by atoms with Gasteiger partial charge >= 0.3 is 0 Å². The van der Waals surface area contributed by atoms with Gasteiger partial charge in [-0.05, 0) is 18.9 Å². The molecule has 4 rings (SSSR count). The summed E-state index contributed by atoms with van der Waals surface area (Å²) in [5, 5.41) is 4.54. The summed E-state index contributed by atoms with van der Waals surface area (Å²) in [6, 6.07) is 4.09. The summed E-state index contributed by atoms with van der Waals surface area (Å²) in [7, 11) is 1.53. The zero-order chi connectivity index (χ0) is 18.6. The lowest BCUT2D eigenvalue weighted by atomic mass is 9.77. The molecule has 0 aromatic carbocycles. The molecule has 0 amide bonds. The molecule has 144 valence electrons.